The first kappa shape index (κ1) is 15.7. The highest BCUT2D eigenvalue weighted by molar-refractivity contribution is 6.30. The Kier molecular flexibility index (Phi) is 5.34. The van der Waals surface area contributed by atoms with Gasteiger partial charge in [0.25, 0.3) is 0 Å². The van der Waals surface area contributed by atoms with Gasteiger partial charge in [0.2, 0.25) is 0 Å². The molecule has 1 heterocycles. The van der Waals surface area contributed by atoms with Crippen LogP contribution in [0.4, 0.5) is 0 Å². The molecule has 0 bridgehead atoms. The molecule has 0 radical (unpaired) electrons. The molecule has 0 saturated carbocycles. The molecule has 20 heavy (non-hydrogen) atoms. The van der Waals surface area contributed by atoms with Gasteiger partial charge >= 0.3 is 0 Å². The highest BCUT2D eigenvalue weighted by atomic mass is 35.5. The molecule has 1 saturated heterocycles. The molecule has 1 aromatic carbocycles. The van der Waals surface area contributed by atoms with Crippen molar-refractivity contribution >= 4 is 11.6 Å². The number of rotatable bonds is 4. The lowest BCUT2D eigenvalue weighted by molar-refractivity contribution is -0.304. The summed E-state index contributed by atoms with van der Waals surface area (Å²) in [7, 11) is 0. The summed E-state index contributed by atoms with van der Waals surface area (Å²) in [6.07, 6.45) is -6.30. The predicted molar refractivity (Wildman–Crippen MR) is 70.0 cm³/mol. The molecule has 0 amide bonds. The number of benzene rings is 1. The minimum atomic E-state index is -1.43. The maximum atomic E-state index is 9.78. The highest BCUT2D eigenvalue weighted by Crippen LogP contribution is 2.23. The lowest BCUT2D eigenvalue weighted by atomic mass is 9.99. The van der Waals surface area contributed by atoms with Crippen LogP contribution < -0.4 is 0 Å². The van der Waals surface area contributed by atoms with Crippen molar-refractivity contribution in [3.8, 4) is 0 Å². The number of hydrogen-bond acceptors (Lipinski definition) is 6. The Morgan fingerprint density at radius 2 is 1.70 bits per heavy atom. The summed E-state index contributed by atoms with van der Waals surface area (Å²) in [5.41, 5.74) is 0.811. The molecule has 1 aliphatic heterocycles. The summed E-state index contributed by atoms with van der Waals surface area (Å²) in [6.45, 7) is -0.342. The van der Waals surface area contributed by atoms with Crippen molar-refractivity contribution in [2.45, 2.75) is 37.3 Å². The summed E-state index contributed by atoms with van der Waals surface area (Å²) >= 11 is 5.76. The molecule has 0 unspecified atom stereocenters. The minimum absolute atomic E-state index is 0.139. The Morgan fingerprint density at radius 3 is 2.30 bits per heavy atom. The Hall–Kier alpha value is -0.730. The lowest BCUT2D eigenvalue weighted by Gasteiger charge is -2.39. The van der Waals surface area contributed by atoms with Crippen LogP contribution in [0.25, 0.3) is 0 Å². The maximum absolute atomic E-state index is 9.78. The Balaban J connectivity index is 1.95. The van der Waals surface area contributed by atoms with Crippen LogP contribution in [-0.4, -0.2) is 57.7 Å². The van der Waals surface area contributed by atoms with Gasteiger partial charge in [-0.25, -0.2) is 0 Å². The second-order valence-corrected chi connectivity index (χ2v) is 5.07. The average molecular weight is 305 g/mol. The SMILES string of the molecule is OC[C@H]1O[C@@H](OCc2ccc(Cl)cc2)[C@H](O)[C@@H](O)[C@H]1O. The highest BCUT2D eigenvalue weighted by Gasteiger charge is 2.43. The first-order valence-corrected chi connectivity index (χ1v) is 6.57. The fourth-order valence-corrected chi connectivity index (χ4v) is 2.09. The van der Waals surface area contributed by atoms with Gasteiger partial charge < -0.3 is 29.9 Å². The van der Waals surface area contributed by atoms with Crippen LogP contribution in [0.15, 0.2) is 24.3 Å². The van der Waals surface area contributed by atoms with E-state index in [-0.39, 0.29) is 6.61 Å². The lowest BCUT2D eigenvalue weighted by Crippen LogP contribution is -2.59. The third-order valence-corrected chi connectivity index (χ3v) is 3.43. The van der Waals surface area contributed by atoms with Crippen molar-refractivity contribution in [2.24, 2.45) is 0 Å². The van der Waals surface area contributed by atoms with E-state index in [9.17, 15) is 15.3 Å². The van der Waals surface area contributed by atoms with Crippen LogP contribution in [0, 0.1) is 0 Å². The van der Waals surface area contributed by atoms with Gasteiger partial charge in [-0.05, 0) is 17.7 Å². The first-order chi connectivity index (χ1) is 9.52. The number of ether oxygens (including phenoxy) is 2. The van der Waals surface area contributed by atoms with E-state index in [0.717, 1.165) is 5.56 Å². The molecule has 6 nitrogen and oxygen atoms in total. The summed E-state index contributed by atoms with van der Waals surface area (Å²) in [4.78, 5) is 0. The minimum Gasteiger partial charge on any atom is -0.394 e. The largest absolute Gasteiger partial charge is 0.394 e. The van der Waals surface area contributed by atoms with Gasteiger partial charge in [-0.15, -0.1) is 0 Å². The van der Waals surface area contributed by atoms with Crippen LogP contribution in [0.5, 0.6) is 0 Å². The van der Waals surface area contributed by atoms with E-state index in [1.165, 1.54) is 0 Å². The topological polar surface area (TPSA) is 99.4 Å². The number of hydrogen-bond donors (Lipinski definition) is 4. The van der Waals surface area contributed by atoms with Crippen molar-refractivity contribution in [3.63, 3.8) is 0 Å². The molecule has 5 atom stereocenters. The zero-order valence-electron chi connectivity index (χ0n) is 10.6. The second-order valence-electron chi connectivity index (χ2n) is 4.63. The molecule has 7 heteroatoms. The molecule has 1 aromatic rings. The van der Waals surface area contributed by atoms with Gasteiger partial charge in [0.05, 0.1) is 13.2 Å². The monoisotopic (exact) mass is 304 g/mol. The Bertz CT molecular complexity index is 423. The normalized spacial score (nSPS) is 34.1. The van der Waals surface area contributed by atoms with Gasteiger partial charge in [-0.2, -0.15) is 0 Å². The third-order valence-electron chi connectivity index (χ3n) is 3.18. The smallest absolute Gasteiger partial charge is 0.187 e. The van der Waals surface area contributed by atoms with Crippen molar-refractivity contribution < 1.29 is 29.9 Å². The van der Waals surface area contributed by atoms with Gasteiger partial charge in [0, 0.05) is 5.02 Å². The van der Waals surface area contributed by atoms with Crippen LogP contribution in [0.3, 0.4) is 0 Å². The van der Waals surface area contributed by atoms with E-state index < -0.39 is 37.3 Å². The van der Waals surface area contributed by atoms with E-state index in [4.69, 9.17) is 26.2 Å². The first-order valence-electron chi connectivity index (χ1n) is 6.19. The molecule has 0 spiro atoms. The summed E-state index contributed by atoms with van der Waals surface area (Å²) < 4.78 is 10.6. The fraction of sp³-hybridized carbons (Fsp3) is 0.538. The Morgan fingerprint density at radius 1 is 1.05 bits per heavy atom. The van der Waals surface area contributed by atoms with E-state index in [0.29, 0.717) is 5.02 Å². The molecule has 0 aliphatic carbocycles. The third kappa shape index (κ3) is 3.48. The van der Waals surface area contributed by atoms with Gasteiger partial charge in [-0.1, -0.05) is 23.7 Å². The van der Waals surface area contributed by atoms with Crippen LogP contribution in [0.2, 0.25) is 5.02 Å². The van der Waals surface area contributed by atoms with Crippen molar-refractivity contribution in [3.05, 3.63) is 34.9 Å². The quantitative estimate of drug-likeness (QED) is 0.607. The number of aliphatic hydroxyl groups excluding tert-OH is 4. The van der Waals surface area contributed by atoms with Crippen LogP contribution >= 0.6 is 11.6 Å². The second kappa shape index (κ2) is 6.82. The fourth-order valence-electron chi connectivity index (χ4n) is 1.96. The number of aliphatic hydroxyl groups is 4. The zero-order valence-corrected chi connectivity index (χ0v) is 11.3. The predicted octanol–water partition coefficient (Wildman–Crippen LogP) is -0.343. The van der Waals surface area contributed by atoms with Crippen LogP contribution in [0.1, 0.15) is 5.56 Å². The molecular weight excluding hydrogens is 288 g/mol. The molecule has 1 fully saturated rings. The van der Waals surface area contributed by atoms with Gasteiger partial charge in [0.15, 0.2) is 6.29 Å². The molecule has 2 rings (SSSR count). The van der Waals surface area contributed by atoms with Crippen molar-refractivity contribution in [2.75, 3.05) is 6.61 Å². The Labute approximate surface area is 121 Å². The molecule has 0 aromatic heterocycles. The van der Waals surface area contributed by atoms with Gasteiger partial charge in [0.1, 0.15) is 24.4 Å². The van der Waals surface area contributed by atoms with Crippen LogP contribution in [-0.2, 0) is 16.1 Å². The molecule has 4 N–H and O–H groups in total. The van der Waals surface area contributed by atoms with E-state index in [1.54, 1.807) is 24.3 Å². The zero-order chi connectivity index (χ0) is 14.7. The van der Waals surface area contributed by atoms with E-state index >= 15 is 0 Å². The van der Waals surface area contributed by atoms with Gasteiger partial charge in [-0.3, -0.25) is 0 Å². The van der Waals surface area contributed by atoms with E-state index in [1.807, 2.05) is 0 Å². The summed E-state index contributed by atoms with van der Waals surface area (Å²) in [5.74, 6) is 0. The van der Waals surface area contributed by atoms with E-state index in [2.05, 4.69) is 0 Å². The van der Waals surface area contributed by atoms with Crippen molar-refractivity contribution in [1.29, 1.82) is 0 Å². The standard InChI is InChI=1S/C13H17ClO6/c14-8-3-1-7(2-4-8)6-19-13-12(18)11(17)10(16)9(5-15)20-13/h1-4,9-13,15-18H,5-6H2/t9-,10+,11+,12-,13-/m1/s1. The summed E-state index contributed by atoms with van der Waals surface area (Å²) in [6, 6.07) is 6.92. The average Bonchev–Trinajstić information content (AvgIpc) is 2.46. The number of halogens is 1. The maximum Gasteiger partial charge on any atom is 0.187 e. The molecular formula is C13H17ClO6. The summed E-state index contributed by atoms with van der Waals surface area (Å²) in [5, 5.41) is 38.7. The molecule has 1 aliphatic rings. The van der Waals surface area contributed by atoms with Crippen molar-refractivity contribution in [1.82, 2.24) is 0 Å². The molecule has 112 valence electrons.